The quantitative estimate of drug-likeness (QED) is 0.849. The van der Waals surface area contributed by atoms with Gasteiger partial charge in [0, 0.05) is 30.6 Å². The molecule has 24 heavy (non-hydrogen) atoms. The summed E-state index contributed by atoms with van der Waals surface area (Å²) in [5, 5.41) is 2.09. The molecule has 7 heteroatoms. The Hall–Kier alpha value is -1.67. The van der Waals surface area contributed by atoms with Crippen LogP contribution in [0.25, 0.3) is 0 Å². The first-order valence-electron chi connectivity index (χ1n) is 8.03. The van der Waals surface area contributed by atoms with E-state index in [4.69, 9.17) is 13.9 Å². The van der Waals surface area contributed by atoms with Gasteiger partial charge < -0.3 is 18.8 Å². The maximum atomic E-state index is 12.2. The predicted molar refractivity (Wildman–Crippen MR) is 90.2 cm³/mol. The molecule has 4 heterocycles. The maximum Gasteiger partial charge on any atom is 0.253 e. The van der Waals surface area contributed by atoms with E-state index in [9.17, 15) is 4.79 Å². The smallest absolute Gasteiger partial charge is 0.253 e. The number of hydrogen-bond acceptors (Lipinski definition) is 6. The fraction of sp³-hybridized carbons (Fsp3) is 0.471. The number of nitrogens with zero attached hydrogens (tertiary/aromatic N) is 2. The Morgan fingerprint density at radius 2 is 2.25 bits per heavy atom. The van der Waals surface area contributed by atoms with Crippen molar-refractivity contribution in [1.82, 2.24) is 4.90 Å². The van der Waals surface area contributed by atoms with Gasteiger partial charge in [0.15, 0.2) is 0 Å². The zero-order valence-electron chi connectivity index (χ0n) is 13.3. The summed E-state index contributed by atoms with van der Waals surface area (Å²) in [6.45, 7) is 4.21. The number of morpholine rings is 1. The van der Waals surface area contributed by atoms with Crippen LogP contribution in [0.3, 0.4) is 0 Å². The zero-order valence-corrected chi connectivity index (χ0v) is 14.2. The molecule has 0 unspecified atom stereocenters. The number of ether oxygens (including phenoxy) is 2. The Morgan fingerprint density at radius 1 is 1.29 bits per heavy atom. The summed E-state index contributed by atoms with van der Waals surface area (Å²) in [5.74, 6) is -0.0453. The first kappa shape index (κ1) is 15.8. The fourth-order valence-electron chi connectivity index (χ4n) is 3.29. The third kappa shape index (κ3) is 3.25. The minimum Gasteiger partial charge on any atom is -0.470 e. The van der Waals surface area contributed by atoms with Crippen molar-refractivity contribution >= 4 is 22.9 Å². The van der Waals surface area contributed by atoms with Crippen molar-refractivity contribution < 1.29 is 18.7 Å². The second kappa shape index (κ2) is 6.68. The summed E-state index contributed by atoms with van der Waals surface area (Å²) in [7, 11) is 0. The van der Waals surface area contributed by atoms with Gasteiger partial charge >= 0.3 is 0 Å². The molecule has 0 aliphatic carbocycles. The standard InChI is InChI=1S/C17H20N2O4S/c20-16-10-23-17(12-19(16)14-3-5-21-9-14)11-18(4-6-22-13-17)8-15-2-1-7-24-15/h1-3,5,7,9H,4,6,8,10-13H2/t17-/m0/s1. The van der Waals surface area contributed by atoms with Crippen molar-refractivity contribution in [1.29, 1.82) is 0 Å². The molecular weight excluding hydrogens is 328 g/mol. The summed E-state index contributed by atoms with van der Waals surface area (Å²) in [6, 6.07) is 6.02. The van der Waals surface area contributed by atoms with Crippen LogP contribution in [0.5, 0.6) is 0 Å². The number of thiophene rings is 1. The summed E-state index contributed by atoms with van der Waals surface area (Å²) < 4.78 is 16.9. The molecule has 0 N–H and O–H groups in total. The van der Waals surface area contributed by atoms with Gasteiger partial charge in [-0.15, -0.1) is 11.3 Å². The molecule has 6 nitrogen and oxygen atoms in total. The Bertz CT molecular complexity index is 673. The minimum atomic E-state index is -0.501. The van der Waals surface area contributed by atoms with Crippen LogP contribution >= 0.6 is 11.3 Å². The molecule has 0 radical (unpaired) electrons. The van der Waals surface area contributed by atoms with Crippen LogP contribution in [0, 0.1) is 0 Å². The number of carbonyl (C=O) groups is 1. The topological polar surface area (TPSA) is 55.2 Å². The third-order valence-electron chi connectivity index (χ3n) is 4.46. The molecule has 0 bridgehead atoms. The highest BCUT2D eigenvalue weighted by Gasteiger charge is 2.43. The lowest BCUT2D eigenvalue weighted by atomic mass is 10.0. The van der Waals surface area contributed by atoms with Crippen LogP contribution in [-0.4, -0.2) is 55.9 Å². The second-order valence-corrected chi connectivity index (χ2v) is 7.31. The Balaban J connectivity index is 1.52. The molecule has 0 saturated carbocycles. The third-order valence-corrected chi connectivity index (χ3v) is 5.32. The second-order valence-electron chi connectivity index (χ2n) is 6.28. The lowest BCUT2D eigenvalue weighted by Crippen LogP contribution is -2.60. The van der Waals surface area contributed by atoms with Crippen molar-refractivity contribution in [3.05, 3.63) is 41.0 Å². The van der Waals surface area contributed by atoms with Crippen LogP contribution < -0.4 is 4.90 Å². The maximum absolute atomic E-state index is 12.2. The van der Waals surface area contributed by atoms with Gasteiger partial charge in [0.2, 0.25) is 0 Å². The summed E-state index contributed by atoms with van der Waals surface area (Å²) >= 11 is 1.76. The van der Waals surface area contributed by atoms with Crippen molar-refractivity contribution in [2.75, 3.05) is 44.4 Å². The molecule has 2 aromatic rings. The van der Waals surface area contributed by atoms with Crippen molar-refractivity contribution in [3.8, 4) is 0 Å². The van der Waals surface area contributed by atoms with Gasteiger partial charge in [-0.25, -0.2) is 0 Å². The van der Waals surface area contributed by atoms with E-state index in [0.29, 0.717) is 19.8 Å². The normalized spacial score (nSPS) is 26.0. The van der Waals surface area contributed by atoms with Gasteiger partial charge in [-0.3, -0.25) is 9.69 Å². The van der Waals surface area contributed by atoms with Crippen molar-refractivity contribution in [3.63, 3.8) is 0 Å². The van der Waals surface area contributed by atoms with Gasteiger partial charge in [0.25, 0.3) is 5.91 Å². The van der Waals surface area contributed by atoms with Crippen LogP contribution in [0.1, 0.15) is 4.88 Å². The highest BCUT2D eigenvalue weighted by atomic mass is 32.1. The molecule has 2 saturated heterocycles. The fourth-order valence-corrected chi connectivity index (χ4v) is 4.03. The minimum absolute atomic E-state index is 0.0453. The summed E-state index contributed by atoms with van der Waals surface area (Å²) in [6.07, 6.45) is 3.18. The highest BCUT2D eigenvalue weighted by molar-refractivity contribution is 7.09. The van der Waals surface area contributed by atoms with E-state index in [0.717, 1.165) is 25.3 Å². The monoisotopic (exact) mass is 348 g/mol. The summed E-state index contributed by atoms with van der Waals surface area (Å²) in [5.41, 5.74) is 0.274. The van der Waals surface area contributed by atoms with Crippen LogP contribution in [0.15, 0.2) is 40.5 Å². The zero-order chi connectivity index (χ0) is 16.4. The number of hydrogen-bond donors (Lipinski definition) is 0. The van der Waals surface area contributed by atoms with Gasteiger partial charge in [-0.2, -0.15) is 0 Å². The van der Waals surface area contributed by atoms with Gasteiger partial charge in [0.1, 0.15) is 18.5 Å². The molecule has 128 valence electrons. The van der Waals surface area contributed by atoms with Gasteiger partial charge in [0.05, 0.1) is 31.7 Å². The molecule has 0 aromatic carbocycles. The van der Waals surface area contributed by atoms with E-state index < -0.39 is 5.60 Å². The number of rotatable bonds is 3. The Labute approximate surface area is 144 Å². The van der Waals surface area contributed by atoms with Crippen molar-refractivity contribution in [2.45, 2.75) is 12.1 Å². The number of anilines is 1. The van der Waals surface area contributed by atoms with Crippen LogP contribution in [0.2, 0.25) is 0 Å². The highest BCUT2D eigenvalue weighted by Crippen LogP contribution is 2.28. The molecular formula is C17H20N2O4S. The molecule has 2 fully saturated rings. The largest absolute Gasteiger partial charge is 0.470 e. The van der Waals surface area contributed by atoms with Crippen LogP contribution in [0.4, 0.5) is 5.69 Å². The number of furan rings is 1. The molecule has 4 rings (SSSR count). The van der Waals surface area contributed by atoms with E-state index in [1.807, 2.05) is 0 Å². The van der Waals surface area contributed by atoms with E-state index in [1.54, 1.807) is 34.8 Å². The summed E-state index contributed by atoms with van der Waals surface area (Å²) in [4.78, 5) is 17.7. The Kier molecular flexibility index (Phi) is 4.41. The molecule has 2 aromatic heterocycles. The first-order chi connectivity index (χ1) is 11.7. The number of amides is 1. The first-order valence-corrected chi connectivity index (χ1v) is 8.91. The Morgan fingerprint density at radius 3 is 3.04 bits per heavy atom. The molecule has 2 aliphatic heterocycles. The SMILES string of the molecule is O=C1CO[C@]2(COCCN(Cc3cccs3)C2)CN1c1ccoc1. The number of carbonyl (C=O) groups excluding carboxylic acids is 1. The lowest BCUT2D eigenvalue weighted by Gasteiger charge is -2.42. The lowest BCUT2D eigenvalue weighted by molar-refractivity contribution is -0.146. The van der Waals surface area contributed by atoms with Crippen LogP contribution in [-0.2, 0) is 20.8 Å². The molecule has 1 amide bonds. The molecule has 1 atom stereocenters. The van der Waals surface area contributed by atoms with E-state index >= 15 is 0 Å². The molecule has 1 spiro atoms. The van der Waals surface area contributed by atoms with E-state index in [-0.39, 0.29) is 12.5 Å². The van der Waals surface area contributed by atoms with E-state index in [2.05, 4.69) is 22.4 Å². The average molecular weight is 348 g/mol. The average Bonchev–Trinajstić information content (AvgIpc) is 3.24. The van der Waals surface area contributed by atoms with Crippen molar-refractivity contribution in [2.24, 2.45) is 0 Å². The predicted octanol–water partition coefficient (Wildman–Crippen LogP) is 1.98. The molecule has 2 aliphatic rings. The van der Waals surface area contributed by atoms with Gasteiger partial charge in [-0.1, -0.05) is 6.07 Å². The van der Waals surface area contributed by atoms with E-state index in [1.165, 1.54) is 4.88 Å². The van der Waals surface area contributed by atoms with Gasteiger partial charge in [-0.05, 0) is 11.4 Å².